The van der Waals surface area contributed by atoms with Gasteiger partial charge in [-0.05, 0) is 134 Å². The van der Waals surface area contributed by atoms with E-state index in [0.29, 0.717) is 45.4 Å². The first-order valence-corrected chi connectivity index (χ1v) is 34.0. The van der Waals surface area contributed by atoms with Crippen LogP contribution in [0.5, 0.6) is 5.75 Å². The van der Waals surface area contributed by atoms with Gasteiger partial charge >= 0.3 is 68.8 Å². The number of halogens is 3. The van der Waals surface area contributed by atoms with Crippen LogP contribution in [-0.4, -0.2) is 103 Å². The van der Waals surface area contributed by atoms with E-state index in [2.05, 4.69) is 86.8 Å². The molecular formula is C49H95F3KNO12S2Si2. The van der Waals surface area contributed by atoms with Gasteiger partial charge in [0.2, 0.25) is 0 Å². The van der Waals surface area contributed by atoms with Crippen LogP contribution in [0.15, 0.2) is 24.3 Å². The summed E-state index contributed by atoms with van der Waals surface area (Å²) in [5.74, 6) is 1.63. The van der Waals surface area contributed by atoms with Gasteiger partial charge in [-0.2, -0.15) is 13.2 Å². The Hall–Kier alpha value is -0.440. The Morgan fingerprint density at radius 1 is 0.671 bits per heavy atom. The Morgan fingerprint density at radius 3 is 1.51 bits per heavy atom. The zero-order valence-corrected chi connectivity index (χ0v) is 53.6. The number of unbranched alkanes of at least 4 members (excludes halogenated alkanes) is 1. The minimum absolute atomic E-state index is 0. The SMILES string of the molecule is CCC(C)(C)C(=O)OCCCS(=O)(=O)[N-]S(=O)(=O)C(F)(F)F.CCC(C)C(C)C.CCC(C)c1ccc(OCCOCCOC)cc1.CCCC[Si](C)(C)O[Si](C)(C)CCCOC(=O)C(C)(C)CC.[K+]. The Balaban J connectivity index is -0.000000434. The molecule has 0 aromatic heterocycles. The Morgan fingerprint density at radius 2 is 1.13 bits per heavy atom. The maximum Gasteiger partial charge on any atom is 1.00 e. The summed E-state index contributed by atoms with van der Waals surface area (Å²) in [4.78, 5) is 23.5. The average Bonchev–Trinajstić information content (AvgIpc) is 3.26. The molecular weight excluding hydrogens is 1010 g/mol. The van der Waals surface area contributed by atoms with Crippen LogP contribution in [0, 0.1) is 22.7 Å². The first-order valence-electron chi connectivity index (χ1n) is 24.7. The van der Waals surface area contributed by atoms with Crippen LogP contribution in [0.1, 0.15) is 153 Å². The molecule has 0 saturated heterocycles. The van der Waals surface area contributed by atoms with Crippen molar-refractivity contribution in [1.29, 1.82) is 0 Å². The van der Waals surface area contributed by atoms with Crippen LogP contribution in [0.25, 0.3) is 4.13 Å². The molecule has 1 aromatic rings. The minimum atomic E-state index is -6.11. The van der Waals surface area contributed by atoms with Crippen molar-refractivity contribution >= 4 is 48.6 Å². The quantitative estimate of drug-likeness (QED) is 0.0406. The molecule has 70 heavy (non-hydrogen) atoms. The maximum absolute atomic E-state index is 12.0. The van der Waals surface area contributed by atoms with Gasteiger partial charge in [-0.15, -0.1) is 0 Å². The minimum Gasteiger partial charge on any atom is -0.491 e. The second-order valence-electron chi connectivity index (χ2n) is 20.2. The van der Waals surface area contributed by atoms with Crippen molar-refractivity contribution in [2.45, 2.75) is 191 Å². The number of alkyl halides is 3. The number of methoxy groups -OCH3 is 1. The molecule has 0 aliphatic rings. The van der Waals surface area contributed by atoms with Crippen LogP contribution in [-0.2, 0) is 52.7 Å². The molecule has 1 aromatic carbocycles. The van der Waals surface area contributed by atoms with Crippen molar-refractivity contribution in [2.75, 3.05) is 52.5 Å². The molecule has 0 radical (unpaired) electrons. The number of hydrogen-bond donors (Lipinski definition) is 0. The number of carbonyl (C=O) groups excluding carboxylic acids is 2. The average molecular weight is 1110 g/mol. The van der Waals surface area contributed by atoms with Crippen LogP contribution >= 0.6 is 0 Å². The van der Waals surface area contributed by atoms with E-state index in [1.807, 2.05) is 37.0 Å². The summed E-state index contributed by atoms with van der Waals surface area (Å²) < 4.78 is 114. The summed E-state index contributed by atoms with van der Waals surface area (Å²) >= 11 is 0. The van der Waals surface area contributed by atoms with E-state index >= 15 is 0 Å². The summed E-state index contributed by atoms with van der Waals surface area (Å²) in [6.07, 6.45) is 6.83. The molecule has 2 unspecified atom stereocenters. The predicted octanol–water partition coefficient (Wildman–Crippen LogP) is 10.4. The third-order valence-corrected chi connectivity index (χ3v) is 22.4. The van der Waals surface area contributed by atoms with Crippen LogP contribution in [0.4, 0.5) is 13.2 Å². The maximum atomic E-state index is 12.0. The molecule has 0 bridgehead atoms. The number of carbonyl (C=O) groups is 2. The van der Waals surface area contributed by atoms with Crippen molar-refractivity contribution in [3.8, 4) is 5.75 Å². The van der Waals surface area contributed by atoms with Gasteiger partial charge in [-0.25, -0.2) is 16.8 Å². The van der Waals surface area contributed by atoms with E-state index in [1.165, 1.54) is 30.9 Å². The van der Waals surface area contributed by atoms with Gasteiger partial charge in [0, 0.05) is 12.9 Å². The van der Waals surface area contributed by atoms with Crippen molar-refractivity contribution in [3.63, 3.8) is 0 Å². The molecule has 13 nitrogen and oxygen atoms in total. The van der Waals surface area contributed by atoms with Crippen LogP contribution in [0.2, 0.25) is 38.3 Å². The summed E-state index contributed by atoms with van der Waals surface area (Å²) in [6, 6.07) is 10.6. The molecule has 0 heterocycles. The smallest absolute Gasteiger partial charge is 0.491 e. The number of nitrogens with zero attached hydrogens (tertiary/aromatic N) is 1. The Bertz CT molecular complexity index is 1750. The molecule has 21 heteroatoms. The van der Waals surface area contributed by atoms with E-state index in [4.69, 9.17) is 27.8 Å². The molecule has 0 N–H and O–H groups in total. The monoisotopic (exact) mass is 1110 g/mol. The fourth-order valence-corrected chi connectivity index (χ4v) is 16.8. The molecule has 0 aliphatic carbocycles. The topological polar surface area (TPSA) is 172 Å². The molecule has 2 atom stereocenters. The summed E-state index contributed by atoms with van der Waals surface area (Å²) in [5, 5.41) is 0. The van der Waals surface area contributed by atoms with Crippen molar-refractivity contribution in [3.05, 3.63) is 34.0 Å². The molecule has 0 saturated carbocycles. The van der Waals surface area contributed by atoms with Gasteiger partial charge in [-0.3, -0.25) is 9.59 Å². The number of ether oxygens (including phenoxy) is 5. The number of benzene rings is 1. The summed E-state index contributed by atoms with van der Waals surface area (Å²) in [7, 11) is -12.4. The van der Waals surface area contributed by atoms with Gasteiger partial charge in [0.25, 0.3) is 0 Å². The van der Waals surface area contributed by atoms with Gasteiger partial charge in [0.05, 0.1) is 53.9 Å². The molecule has 0 spiro atoms. The van der Waals surface area contributed by atoms with E-state index in [0.717, 1.165) is 42.9 Å². The van der Waals surface area contributed by atoms with E-state index < -0.39 is 59.3 Å². The molecule has 0 amide bonds. The van der Waals surface area contributed by atoms with E-state index in [1.54, 1.807) is 27.9 Å². The van der Waals surface area contributed by atoms with Gasteiger partial charge < -0.3 is 31.9 Å². The fourth-order valence-electron chi connectivity index (χ4n) is 5.49. The molecule has 0 aliphatic heterocycles. The summed E-state index contributed by atoms with van der Waals surface area (Å²) in [6.45, 7) is 38.5. The first kappa shape index (κ1) is 76.1. The standard InChI is InChI=1S/C17H38O3Si2.C15H24O3.C10H17F3NO6S2.C7H16.K/c1-9-11-14-21(5,6)20-22(7,8)15-12-13-19-16(18)17(3,4)10-2;1-4-13(2)14-5-7-15(8-6-14)18-12-11-17-10-9-16-3;1-4-9(2,3)8(15)20-6-5-7-21(16,17)14-22(18,19)10(11,12)13;1-5-7(4)6(2)3;/h9-15H2,1-8H3;5-8,13H,4,9-12H2,1-3H3;4-7H2,1-3H3;6-7H,5H2,1-4H3;/q;;-1;;+1. The van der Waals surface area contributed by atoms with Crippen LogP contribution in [0.3, 0.4) is 0 Å². The normalized spacial score (nSPS) is 13.2. The van der Waals surface area contributed by atoms with Gasteiger partial charge in [-0.1, -0.05) is 93.7 Å². The molecule has 0 fully saturated rings. The fraction of sp³-hybridized carbons (Fsp3) is 0.837. The van der Waals surface area contributed by atoms with Gasteiger partial charge in [0.15, 0.2) is 26.7 Å². The molecule has 1 rings (SSSR count). The summed E-state index contributed by atoms with van der Waals surface area (Å²) in [5.41, 5.74) is -5.56. The predicted molar refractivity (Wildman–Crippen MR) is 280 cm³/mol. The van der Waals surface area contributed by atoms with Crippen LogP contribution < -0.4 is 56.1 Å². The number of sulfonamides is 2. The third kappa shape index (κ3) is 37.3. The number of hydrogen-bond acceptors (Lipinski definition) is 12. The number of esters is 2. The zero-order chi connectivity index (χ0) is 54.3. The van der Waals surface area contributed by atoms with Crippen molar-refractivity contribution in [2.24, 2.45) is 22.7 Å². The number of rotatable bonds is 30. The first-order chi connectivity index (χ1) is 31.6. The van der Waals surface area contributed by atoms with E-state index in [9.17, 15) is 39.6 Å². The molecule has 410 valence electrons. The van der Waals surface area contributed by atoms with Crippen molar-refractivity contribution < 1.29 is 119 Å². The Labute approximate surface area is 469 Å². The van der Waals surface area contributed by atoms with Crippen molar-refractivity contribution in [1.82, 2.24) is 0 Å². The van der Waals surface area contributed by atoms with Gasteiger partial charge in [0.1, 0.15) is 12.4 Å². The largest absolute Gasteiger partial charge is 1.00 e. The Kier molecular flexibility index (Phi) is 41.5. The zero-order valence-electron chi connectivity index (χ0n) is 46.9. The van der Waals surface area contributed by atoms with E-state index in [-0.39, 0.29) is 75.8 Å². The second kappa shape index (κ2) is 38.2. The third-order valence-electron chi connectivity index (χ3n) is 11.8. The second-order valence-corrected chi connectivity index (χ2v) is 32.6.